The number of halogens is 2. The van der Waals surface area contributed by atoms with Crippen molar-refractivity contribution >= 4 is 26.0 Å². The minimum atomic E-state index is -3.61. The van der Waals surface area contributed by atoms with E-state index in [-0.39, 0.29) is 10.9 Å². The Morgan fingerprint density at radius 2 is 2.12 bits per heavy atom. The molecule has 0 heterocycles. The Hall–Kier alpha value is -0.460. The molecule has 0 aromatic heterocycles. The largest absolute Gasteiger partial charge is 0.243 e. The molecule has 0 aliphatic heterocycles. The second-order valence-electron chi connectivity index (χ2n) is 3.48. The Morgan fingerprint density at radius 1 is 1.50 bits per heavy atom. The third-order valence-corrected chi connectivity index (χ3v) is 5.22. The molecule has 3 nitrogen and oxygen atoms in total. The first-order valence-corrected chi connectivity index (χ1v) is 7.25. The van der Waals surface area contributed by atoms with Crippen LogP contribution in [0, 0.1) is 5.82 Å². The normalized spacial score (nSPS) is 14.1. The topological polar surface area (TPSA) is 37.4 Å². The fraction of sp³-hybridized carbons (Fsp3) is 0.400. The molecule has 0 N–H and O–H groups in total. The summed E-state index contributed by atoms with van der Waals surface area (Å²) >= 11 is 3.21. The molecule has 0 aliphatic rings. The number of sulfonamides is 1. The zero-order valence-electron chi connectivity index (χ0n) is 9.02. The summed E-state index contributed by atoms with van der Waals surface area (Å²) in [7, 11) is -2.13. The zero-order valence-corrected chi connectivity index (χ0v) is 11.4. The number of benzene rings is 1. The van der Waals surface area contributed by atoms with Crippen LogP contribution in [-0.4, -0.2) is 31.1 Å². The van der Waals surface area contributed by atoms with E-state index in [1.807, 2.05) is 0 Å². The summed E-state index contributed by atoms with van der Waals surface area (Å²) in [5.74, 6) is -0.555. The van der Waals surface area contributed by atoms with Crippen molar-refractivity contribution in [3.63, 3.8) is 0 Å². The molecular weight excluding hydrogens is 297 g/mol. The van der Waals surface area contributed by atoms with Crippen LogP contribution in [0.25, 0.3) is 0 Å². The second-order valence-corrected chi connectivity index (χ2v) is 6.13. The number of hydrogen-bond acceptors (Lipinski definition) is 2. The molecule has 0 saturated carbocycles. The third-order valence-electron chi connectivity index (χ3n) is 2.32. The van der Waals surface area contributed by atoms with Crippen LogP contribution < -0.4 is 0 Å². The van der Waals surface area contributed by atoms with E-state index in [9.17, 15) is 12.8 Å². The average molecular weight is 310 g/mol. The van der Waals surface area contributed by atoms with E-state index in [1.165, 1.54) is 29.6 Å². The van der Waals surface area contributed by atoms with Gasteiger partial charge in [0.05, 0.1) is 4.90 Å². The highest BCUT2D eigenvalue weighted by Gasteiger charge is 2.24. The quantitative estimate of drug-likeness (QED) is 0.800. The lowest BCUT2D eigenvalue weighted by Gasteiger charge is -2.22. The van der Waals surface area contributed by atoms with Gasteiger partial charge < -0.3 is 0 Å². The first-order valence-electron chi connectivity index (χ1n) is 4.69. The van der Waals surface area contributed by atoms with Gasteiger partial charge in [0.1, 0.15) is 5.82 Å². The third kappa shape index (κ3) is 2.81. The zero-order chi connectivity index (χ0) is 12.3. The number of alkyl halides is 1. The molecule has 6 heteroatoms. The van der Waals surface area contributed by atoms with Gasteiger partial charge >= 0.3 is 0 Å². The van der Waals surface area contributed by atoms with Gasteiger partial charge in [-0.05, 0) is 25.1 Å². The van der Waals surface area contributed by atoms with Gasteiger partial charge in [-0.3, -0.25) is 0 Å². The summed E-state index contributed by atoms with van der Waals surface area (Å²) in [6.45, 7) is 1.77. The Balaban J connectivity index is 3.12. The van der Waals surface area contributed by atoms with Crippen molar-refractivity contribution in [2.75, 3.05) is 12.4 Å². The van der Waals surface area contributed by atoms with Gasteiger partial charge in [0.25, 0.3) is 0 Å². The van der Waals surface area contributed by atoms with Crippen molar-refractivity contribution in [1.29, 1.82) is 0 Å². The van der Waals surface area contributed by atoms with Crippen LogP contribution in [0.4, 0.5) is 4.39 Å². The summed E-state index contributed by atoms with van der Waals surface area (Å²) in [6, 6.07) is 4.82. The van der Waals surface area contributed by atoms with Crippen LogP contribution >= 0.6 is 15.9 Å². The lowest BCUT2D eigenvalue weighted by Crippen LogP contribution is -2.36. The molecule has 1 atom stereocenters. The summed E-state index contributed by atoms with van der Waals surface area (Å²) in [5, 5.41) is 0.526. The number of rotatable bonds is 4. The van der Waals surface area contributed by atoms with Crippen molar-refractivity contribution < 1.29 is 12.8 Å². The van der Waals surface area contributed by atoms with E-state index in [0.717, 1.165) is 6.07 Å². The van der Waals surface area contributed by atoms with Crippen LogP contribution in [0.5, 0.6) is 0 Å². The van der Waals surface area contributed by atoms with E-state index in [0.29, 0.717) is 5.33 Å². The average Bonchev–Trinajstić information content (AvgIpc) is 2.27. The summed E-state index contributed by atoms with van der Waals surface area (Å²) in [6.07, 6.45) is 0. The second kappa shape index (κ2) is 5.25. The maximum atomic E-state index is 13.0. The van der Waals surface area contributed by atoms with E-state index < -0.39 is 15.8 Å². The van der Waals surface area contributed by atoms with Gasteiger partial charge in [-0.2, -0.15) is 4.31 Å². The molecule has 0 fully saturated rings. The smallest absolute Gasteiger partial charge is 0.207 e. The van der Waals surface area contributed by atoms with Crippen LogP contribution in [0.15, 0.2) is 29.2 Å². The Bertz CT molecular complexity index is 464. The predicted molar refractivity (Wildman–Crippen MR) is 64.6 cm³/mol. The monoisotopic (exact) mass is 309 g/mol. The van der Waals surface area contributed by atoms with Gasteiger partial charge in [0.15, 0.2) is 0 Å². The highest BCUT2D eigenvalue weighted by Crippen LogP contribution is 2.17. The van der Waals surface area contributed by atoms with E-state index in [1.54, 1.807) is 6.92 Å². The maximum Gasteiger partial charge on any atom is 0.243 e. The minimum absolute atomic E-state index is 0.0252. The molecule has 1 unspecified atom stereocenters. The lowest BCUT2D eigenvalue weighted by molar-refractivity contribution is 0.416. The van der Waals surface area contributed by atoms with E-state index in [4.69, 9.17) is 0 Å². The highest BCUT2D eigenvalue weighted by molar-refractivity contribution is 9.09. The van der Waals surface area contributed by atoms with Crippen molar-refractivity contribution in [3.8, 4) is 0 Å². The molecule has 0 amide bonds. The molecule has 1 rings (SSSR count). The molecular formula is C10H13BrFNO2S. The predicted octanol–water partition coefficient (Wildman–Crippen LogP) is 2.23. The van der Waals surface area contributed by atoms with Crippen molar-refractivity contribution in [1.82, 2.24) is 4.31 Å². The van der Waals surface area contributed by atoms with Gasteiger partial charge in [0, 0.05) is 18.4 Å². The maximum absolute atomic E-state index is 13.0. The van der Waals surface area contributed by atoms with Crippen LogP contribution in [0.2, 0.25) is 0 Å². The number of hydrogen-bond donors (Lipinski definition) is 0. The van der Waals surface area contributed by atoms with Gasteiger partial charge in [-0.15, -0.1) is 0 Å². The molecule has 90 valence electrons. The first-order chi connectivity index (χ1) is 7.39. The molecule has 1 aromatic rings. The van der Waals surface area contributed by atoms with Crippen LogP contribution in [0.3, 0.4) is 0 Å². The van der Waals surface area contributed by atoms with Crippen molar-refractivity contribution in [2.24, 2.45) is 0 Å². The van der Waals surface area contributed by atoms with Gasteiger partial charge in [-0.1, -0.05) is 22.0 Å². The van der Waals surface area contributed by atoms with Crippen molar-refractivity contribution in [2.45, 2.75) is 17.9 Å². The molecule has 0 radical (unpaired) electrons. The Labute approximate surface area is 103 Å². The van der Waals surface area contributed by atoms with Crippen molar-refractivity contribution in [3.05, 3.63) is 30.1 Å². The molecule has 1 aromatic carbocycles. The lowest BCUT2D eigenvalue weighted by atomic mass is 10.4. The Kier molecular flexibility index (Phi) is 4.46. The summed E-state index contributed by atoms with van der Waals surface area (Å²) < 4.78 is 38.2. The standard InChI is InChI=1S/C10H13BrFNO2S/c1-8(7-11)13(2)16(14,15)10-5-3-4-9(12)6-10/h3-6,8H,7H2,1-2H3. The highest BCUT2D eigenvalue weighted by atomic mass is 79.9. The van der Waals surface area contributed by atoms with E-state index >= 15 is 0 Å². The fourth-order valence-corrected chi connectivity index (χ4v) is 3.15. The van der Waals surface area contributed by atoms with E-state index in [2.05, 4.69) is 15.9 Å². The minimum Gasteiger partial charge on any atom is -0.207 e. The molecule has 0 saturated heterocycles. The fourth-order valence-electron chi connectivity index (χ4n) is 1.13. The summed E-state index contributed by atoms with van der Waals surface area (Å²) in [4.78, 5) is -0.0252. The molecule has 0 spiro atoms. The van der Waals surface area contributed by atoms with Crippen LogP contribution in [0.1, 0.15) is 6.92 Å². The SMILES string of the molecule is CC(CBr)N(C)S(=O)(=O)c1cccc(F)c1. The molecule has 0 bridgehead atoms. The van der Waals surface area contributed by atoms with Gasteiger partial charge in [-0.25, -0.2) is 12.8 Å². The molecule has 0 aliphatic carbocycles. The number of nitrogens with zero attached hydrogens (tertiary/aromatic N) is 1. The van der Waals surface area contributed by atoms with Gasteiger partial charge in [0.2, 0.25) is 10.0 Å². The Morgan fingerprint density at radius 3 is 2.62 bits per heavy atom. The molecule has 16 heavy (non-hydrogen) atoms. The summed E-state index contributed by atoms with van der Waals surface area (Å²) in [5.41, 5.74) is 0. The first kappa shape index (κ1) is 13.6. The van der Waals surface area contributed by atoms with Crippen LogP contribution in [-0.2, 0) is 10.0 Å².